The molecule has 0 spiro atoms. The Morgan fingerprint density at radius 1 is 1.35 bits per heavy atom. The van der Waals surface area contributed by atoms with Gasteiger partial charge in [0.05, 0.1) is 6.10 Å². The number of halogens is 1. The average molecular weight is 280 g/mol. The van der Waals surface area contributed by atoms with Crippen molar-refractivity contribution in [3.05, 3.63) is 29.1 Å². The number of nitrogens with one attached hydrogen (secondary N) is 1. The summed E-state index contributed by atoms with van der Waals surface area (Å²) in [6.07, 6.45) is 4.25. The molecule has 0 unspecified atom stereocenters. The Morgan fingerprint density at radius 3 is 2.55 bits per heavy atom. The lowest BCUT2D eigenvalue weighted by Gasteiger charge is -2.29. The summed E-state index contributed by atoms with van der Waals surface area (Å²) in [5.74, 6) is -1.02. The third-order valence-corrected chi connectivity index (χ3v) is 4.00. The van der Waals surface area contributed by atoms with Gasteiger partial charge in [-0.3, -0.25) is 4.79 Å². The number of methoxy groups -OCH3 is 1. The fraction of sp³-hybridized carbons (Fsp3) is 0.533. The number of rotatable bonds is 4. The van der Waals surface area contributed by atoms with Crippen LogP contribution in [0.1, 0.15) is 41.6 Å². The molecule has 4 nitrogen and oxygen atoms in total. The number of ether oxygens (including phenoxy) is 1. The first-order chi connectivity index (χ1) is 9.51. The lowest BCUT2D eigenvalue weighted by atomic mass is 9.92. The number of primary amides is 1. The maximum atomic E-state index is 13.8. The summed E-state index contributed by atoms with van der Waals surface area (Å²) in [7, 11) is 1.73. The zero-order valence-corrected chi connectivity index (χ0v) is 11.9. The molecule has 0 aromatic heterocycles. The van der Waals surface area contributed by atoms with Crippen LogP contribution in [-0.2, 0) is 4.74 Å². The number of hydrogen-bond acceptors (Lipinski definition) is 3. The van der Waals surface area contributed by atoms with Gasteiger partial charge in [0.2, 0.25) is 5.91 Å². The van der Waals surface area contributed by atoms with Crippen LogP contribution in [0, 0.1) is 12.7 Å². The van der Waals surface area contributed by atoms with Crippen LogP contribution < -0.4 is 11.1 Å². The standard InChI is InChI=1S/C15H21FN2O2/c1-9-13(16)7-10(15(17)19)8-14(9)18-11-3-5-12(20-2)6-4-11/h7-8,11-12,18H,3-6H2,1-2H3,(H2,17,19). The van der Waals surface area contributed by atoms with Crippen molar-refractivity contribution in [2.24, 2.45) is 5.73 Å². The molecule has 5 heteroatoms. The number of hydrogen-bond donors (Lipinski definition) is 2. The molecule has 1 saturated carbocycles. The molecule has 2 rings (SSSR count). The molecule has 1 aliphatic rings. The van der Waals surface area contributed by atoms with Gasteiger partial charge in [-0.1, -0.05) is 0 Å². The molecular weight excluding hydrogens is 259 g/mol. The van der Waals surface area contributed by atoms with Crippen LogP contribution >= 0.6 is 0 Å². The van der Waals surface area contributed by atoms with Crippen LogP contribution in [0.2, 0.25) is 0 Å². The van der Waals surface area contributed by atoms with Crippen LogP contribution in [0.15, 0.2) is 12.1 Å². The molecular formula is C15H21FN2O2. The zero-order chi connectivity index (χ0) is 14.7. The topological polar surface area (TPSA) is 64.3 Å². The van der Waals surface area contributed by atoms with Crippen molar-refractivity contribution >= 4 is 11.6 Å². The minimum absolute atomic E-state index is 0.196. The summed E-state index contributed by atoms with van der Waals surface area (Å²) in [6, 6.07) is 3.09. The lowest BCUT2D eigenvalue weighted by Crippen LogP contribution is -2.29. The predicted octanol–water partition coefficient (Wildman–Crippen LogP) is 2.60. The SMILES string of the molecule is COC1CCC(Nc2cc(C(N)=O)cc(F)c2C)CC1. The van der Waals surface area contributed by atoms with E-state index >= 15 is 0 Å². The van der Waals surface area contributed by atoms with Crippen LogP contribution in [-0.4, -0.2) is 25.2 Å². The first-order valence-electron chi connectivity index (χ1n) is 6.90. The summed E-state index contributed by atoms with van der Waals surface area (Å²) < 4.78 is 19.1. The molecule has 1 aromatic rings. The van der Waals surface area contributed by atoms with Crippen molar-refractivity contribution < 1.29 is 13.9 Å². The largest absolute Gasteiger partial charge is 0.382 e. The highest BCUT2D eigenvalue weighted by atomic mass is 19.1. The predicted molar refractivity (Wildman–Crippen MR) is 76.3 cm³/mol. The molecule has 20 heavy (non-hydrogen) atoms. The maximum Gasteiger partial charge on any atom is 0.248 e. The third kappa shape index (κ3) is 3.28. The second-order valence-corrected chi connectivity index (χ2v) is 5.35. The molecule has 110 valence electrons. The Morgan fingerprint density at radius 2 is 2.00 bits per heavy atom. The third-order valence-electron chi connectivity index (χ3n) is 4.00. The van der Waals surface area contributed by atoms with Crippen molar-refractivity contribution in [2.75, 3.05) is 12.4 Å². The van der Waals surface area contributed by atoms with E-state index in [9.17, 15) is 9.18 Å². The first-order valence-corrected chi connectivity index (χ1v) is 6.90. The van der Waals surface area contributed by atoms with E-state index in [2.05, 4.69) is 5.32 Å². The maximum absolute atomic E-state index is 13.8. The van der Waals surface area contributed by atoms with Crippen molar-refractivity contribution in [1.29, 1.82) is 0 Å². The van der Waals surface area contributed by atoms with Gasteiger partial charge in [0.25, 0.3) is 0 Å². The van der Waals surface area contributed by atoms with Gasteiger partial charge in [-0.25, -0.2) is 4.39 Å². The summed E-state index contributed by atoms with van der Waals surface area (Å²) >= 11 is 0. The van der Waals surface area contributed by atoms with E-state index in [1.165, 1.54) is 6.07 Å². The highest BCUT2D eigenvalue weighted by Gasteiger charge is 2.21. The molecule has 0 bridgehead atoms. The summed E-state index contributed by atoms with van der Waals surface area (Å²) in [5, 5.41) is 3.33. The molecule has 1 fully saturated rings. The lowest BCUT2D eigenvalue weighted by molar-refractivity contribution is 0.0682. The van der Waals surface area contributed by atoms with E-state index in [0.29, 0.717) is 17.4 Å². The quantitative estimate of drug-likeness (QED) is 0.891. The molecule has 1 amide bonds. The van der Waals surface area contributed by atoms with Crippen LogP contribution in [0.5, 0.6) is 0 Å². The molecule has 0 atom stereocenters. The number of carbonyl (C=O) groups is 1. The second-order valence-electron chi connectivity index (χ2n) is 5.35. The van der Waals surface area contributed by atoms with Gasteiger partial charge >= 0.3 is 0 Å². The van der Waals surface area contributed by atoms with Crippen LogP contribution in [0.4, 0.5) is 10.1 Å². The summed E-state index contributed by atoms with van der Waals surface area (Å²) in [5.41, 5.74) is 6.59. The van der Waals surface area contributed by atoms with Gasteiger partial charge in [-0.2, -0.15) is 0 Å². The highest BCUT2D eigenvalue weighted by molar-refractivity contribution is 5.94. The summed E-state index contributed by atoms with van der Waals surface area (Å²) in [4.78, 5) is 11.2. The van der Waals surface area contributed by atoms with E-state index in [1.807, 2.05) is 0 Å². The van der Waals surface area contributed by atoms with Crippen molar-refractivity contribution in [2.45, 2.75) is 44.8 Å². The van der Waals surface area contributed by atoms with Gasteiger partial charge in [-0.05, 0) is 44.7 Å². The fourth-order valence-electron chi connectivity index (χ4n) is 2.63. The number of amides is 1. The normalized spacial score (nSPS) is 22.6. The molecule has 1 aliphatic carbocycles. The van der Waals surface area contributed by atoms with Crippen molar-refractivity contribution in [3.63, 3.8) is 0 Å². The van der Waals surface area contributed by atoms with Gasteiger partial charge in [0, 0.05) is 30.0 Å². The van der Waals surface area contributed by atoms with Gasteiger partial charge in [-0.15, -0.1) is 0 Å². The molecule has 0 heterocycles. The van der Waals surface area contributed by atoms with Gasteiger partial charge in [0.1, 0.15) is 5.82 Å². The summed E-state index contributed by atoms with van der Waals surface area (Å²) in [6.45, 7) is 1.70. The number of anilines is 1. The minimum atomic E-state index is -0.616. The van der Waals surface area contributed by atoms with E-state index in [0.717, 1.165) is 25.7 Å². The number of nitrogens with two attached hydrogens (primary N) is 1. The molecule has 1 aromatic carbocycles. The first kappa shape index (κ1) is 14.8. The van der Waals surface area contributed by atoms with Gasteiger partial charge < -0.3 is 15.8 Å². The van der Waals surface area contributed by atoms with Crippen LogP contribution in [0.25, 0.3) is 0 Å². The number of carbonyl (C=O) groups excluding carboxylic acids is 1. The zero-order valence-electron chi connectivity index (χ0n) is 11.9. The Labute approximate surface area is 118 Å². The van der Waals surface area contributed by atoms with E-state index in [-0.39, 0.29) is 11.6 Å². The van der Waals surface area contributed by atoms with Gasteiger partial charge in [0.15, 0.2) is 0 Å². The Balaban J connectivity index is 2.11. The van der Waals surface area contributed by atoms with Crippen molar-refractivity contribution in [1.82, 2.24) is 0 Å². The Bertz CT molecular complexity index is 497. The molecule has 0 radical (unpaired) electrons. The smallest absolute Gasteiger partial charge is 0.248 e. The van der Waals surface area contributed by atoms with E-state index < -0.39 is 11.7 Å². The molecule has 3 N–H and O–H groups in total. The monoisotopic (exact) mass is 280 g/mol. The second kappa shape index (κ2) is 6.22. The fourth-order valence-corrected chi connectivity index (χ4v) is 2.63. The number of benzene rings is 1. The van der Waals surface area contributed by atoms with E-state index in [4.69, 9.17) is 10.5 Å². The Hall–Kier alpha value is -1.62. The van der Waals surface area contributed by atoms with Crippen molar-refractivity contribution in [3.8, 4) is 0 Å². The minimum Gasteiger partial charge on any atom is -0.382 e. The molecule has 0 saturated heterocycles. The average Bonchev–Trinajstić information content (AvgIpc) is 2.44. The molecule has 0 aliphatic heterocycles. The highest BCUT2D eigenvalue weighted by Crippen LogP contribution is 2.27. The Kier molecular flexibility index (Phi) is 4.60. The van der Waals surface area contributed by atoms with Crippen LogP contribution in [0.3, 0.4) is 0 Å². The van der Waals surface area contributed by atoms with E-state index in [1.54, 1.807) is 20.1 Å².